The Morgan fingerprint density at radius 1 is 1.17 bits per heavy atom. The second-order valence-electron chi connectivity index (χ2n) is 7.58. The molecule has 5 nitrogen and oxygen atoms in total. The van der Waals surface area contributed by atoms with Crippen LogP contribution in [0.5, 0.6) is 0 Å². The van der Waals surface area contributed by atoms with Gasteiger partial charge in [0.1, 0.15) is 16.8 Å². The monoisotopic (exact) mass is 408 g/mol. The number of ketones is 1. The molecule has 4 rings (SSSR count). The van der Waals surface area contributed by atoms with E-state index in [1.165, 1.54) is 0 Å². The van der Waals surface area contributed by atoms with Gasteiger partial charge < -0.3 is 0 Å². The van der Waals surface area contributed by atoms with Crippen molar-refractivity contribution in [1.82, 2.24) is 9.97 Å². The highest BCUT2D eigenvalue weighted by atomic mass is 35.5. The Morgan fingerprint density at radius 2 is 1.93 bits per heavy atom. The molecule has 0 saturated heterocycles. The fourth-order valence-electron chi connectivity index (χ4n) is 3.66. The largest absolute Gasteiger partial charge is 0.300 e. The normalized spacial score (nSPS) is 16.8. The summed E-state index contributed by atoms with van der Waals surface area (Å²) in [6.45, 7) is 3.58. The molecule has 1 aromatic carbocycles. The third-order valence-electron chi connectivity index (χ3n) is 5.16. The number of hydrogen-bond donors (Lipinski definition) is 0. The number of nitrogens with zero attached hydrogens (tertiary/aromatic N) is 3. The minimum atomic E-state index is -0.663. The van der Waals surface area contributed by atoms with E-state index in [9.17, 15) is 9.59 Å². The molecule has 148 valence electrons. The van der Waals surface area contributed by atoms with Crippen molar-refractivity contribution in [2.45, 2.75) is 39.2 Å². The van der Waals surface area contributed by atoms with Gasteiger partial charge in [-0.15, -0.1) is 0 Å². The van der Waals surface area contributed by atoms with E-state index in [1.54, 1.807) is 36.9 Å². The van der Waals surface area contributed by atoms with Gasteiger partial charge in [-0.1, -0.05) is 43.6 Å². The van der Waals surface area contributed by atoms with E-state index in [1.807, 2.05) is 30.3 Å². The molecule has 0 fully saturated rings. The number of amides is 1. The molecule has 0 spiro atoms. The summed E-state index contributed by atoms with van der Waals surface area (Å²) in [5.41, 5.74) is 1.85. The summed E-state index contributed by atoms with van der Waals surface area (Å²) in [6.07, 6.45) is 0.964. The van der Waals surface area contributed by atoms with Gasteiger partial charge in [0, 0.05) is 25.2 Å². The van der Waals surface area contributed by atoms with Gasteiger partial charge in [0.15, 0.2) is 5.65 Å². The van der Waals surface area contributed by atoms with Crippen LogP contribution in [0.4, 0.5) is 5.82 Å². The third kappa shape index (κ3) is 3.87. The van der Waals surface area contributed by atoms with Crippen LogP contribution in [-0.2, 0) is 4.79 Å². The van der Waals surface area contributed by atoms with Crippen LogP contribution < -0.4 is 4.90 Å². The zero-order valence-corrected chi connectivity index (χ0v) is 17.1. The maximum Gasteiger partial charge on any atom is 0.260 e. The second kappa shape index (κ2) is 7.91. The predicted octanol–water partition coefficient (Wildman–Crippen LogP) is 5.38. The molecule has 1 amide bonds. The molecular weight excluding hydrogens is 386 g/mol. The van der Waals surface area contributed by atoms with Crippen LogP contribution in [0.15, 0.2) is 48.5 Å². The molecule has 0 radical (unpaired) electrons. The molecule has 6 heteroatoms. The van der Waals surface area contributed by atoms with Crippen molar-refractivity contribution in [3.05, 3.63) is 64.8 Å². The van der Waals surface area contributed by atoms with Gasteiger partial charge in [-0.2, -0.15) is 0 Å². The number of anilines is 1. The molecule has 29 heavy (non-hydrogen) atoms. The first kappa shape index (κ1) is 18.3. The van der Waals surface area contributed by atoms with Gasteiger partial charge in [-0.05, 0) is 48.2 Å². The van der Waals surface area contributed by atoms with Crippen molar-refractivity contribution in [1.29, 1.82) is 0 Å². The minimum Gasteiger partial charge on any atom is -0.300 e. The molecule has 2 aromatic heterocycles. The number of hydrogen-bond acceptors (Lipinski definition) is 4. The number of Topliss-reactive ketones (excluding diaryl/α,β-unsaturated/α-hetero) is 1. The number of aromatic nitrogens is 2. The van der Waals surface area contributed by atoms with Crippen molar-refractivity contribution in [3.8, 4) is 0 Å². The van der Waals surface area contributed by atoms with Gasteiger partial charge in [0.05, 0.1) is 6.04 Å². The predicted molar refractivity (Wildman–Crippen MR) is 114 cm³/mol. The van der Waals surface area contributed by atoms with Gasteiger partial charge in [0.2, 0.25) is 0 Å². The number of carbonyl (C=O) groups excluding carboxylic acids is 2. The maximum absolute atomic E-state index is 13.2. The van der Waals surface area contributed by atoms with E-state index < -0.39 is 11.9 Å². The Morgan fingerprint density at radius 3 is 2.72 bits per heavy atom. The number of rotatable bonds is 6. The highest BCUT2D eigenvalue weighted by Crippen LogP contribution is 2.39. The summed E-state index contributed by atoms with van der Waals surface area (Å²) in [6, 6.07) is 14.0. The lowest BCUT2D eigenvalue weighted by molar-refractivity contribution is -0.119. The molecule has 1 aliphatic rings. The van der Waals surface area contributed by atoms with Gasteiger partial charge in [-0.25, -0.2) is 9.97 Å². The fourth-order valence-corrected chi connectivity index (χ4v) is 3.81. The highest BCUT2D eigenvalue weighted by molar-refractivity contribution is 6.29. The van der Waals surface area contributed by atoms with Gasteiger partial charge in [0.25, 0.3) is 5.91 Å². The lowest BCUT2D eigenvalue weighted by atomic mass is 9.97. The summed E-state index contributed by atoms with van der Waals surface area (Å²) in [5.74, 6) is -0.379. The molecule has 1 atom stereocenters. The van der Waals surface area contributed by atoms with Crippen molar-refractivity contribution in [2.75, 3.05) is 4.90 Å². The SMILES string of the molecule is [2H]C(C)(C)CCC(=O)C[C@H]1c2ccccc2C(=O)N1c1ccc2ccc(Cl)nc2n1. The van der Waals surface area contributed by atoms with E-state index in [-0.39, 0.29) is 18.1 Å². The average Bonchev–Trinajstić information content (AvgIpc) is 2.97. The van der Waals surface area contributed by atoms with Crippen LogP contribution in [-0.4, -0.2) is 21.7 Å². The molecular formula is C23H22ClN3O2. The van der Waals surface area contributed by atoms with Crippen LogP contribution >= 0.6 is 11.6 Å². The average molecular weight is 409 g/mol. The van der Waals surface area contributed by atoms with Crippen LogP contribution in [0.1, 0.15) is 56.4 Å². The first-order valence-corrected chi connectivity index (χ1v) is 9.98. The summed E-state index contributed by atoms with van der Waals surface area (Å²) in [4.78, 5) is 36.3. The van der Waals surface area contributed by atoms with Crippen LogP contribution in [0.25, 0.3) is 11.0 Å². The number of halogens is 1. The minimum absolute atomic E-state index is 0.0248. The summed E-state index contributed by atoms with van der Waals surface area (Å²) < 4.78 is 7.98. The van der Waals surface area contributed by atoms with Gasteiger partial charge >= 0.3 is 0 Å². The molecule has 0 aliphatic carbocycles. The zero-order valence-electron chi connectivity index (χ0n) is 17.4. The Kier molecular flexibility index (Phi) is 4.98. The standard InChI is InChI=1S/C23H22ClN3O2/c1-14(2)7-10-16(28)13-19-17-5-3-4-6-18(17)23(29)27(19)21-12-9-15-8-11-20(24)25-22(15)26-21/h3-6,8-9,11-12,14,19H,7,10,13H2,1-2H3/t19-/m0/s1/i14D. The first-order valence-electron chi connectivity index (χ1n) is 10.1. The van der Waals surface area contributed by atoms with Crippen molar-refractivity contribution in [2.24, 2.45) is 5.89 Å². The fraction of sp³-hybridized carbons (Fsp3) is 0.304. The van der Waals surface area contributed by atoms with Gasteiger partial charge in [-0.3, -0.25) is 14.5 Å². The van der Waals surface area contributed by atoms with Crippen LogP contribution in [0.3, 0.4) is 0 Å². The number of benzene rings is 1. The highest BCUT2D eigenvalue weighted by Gasteiger charge is 2.39. The number of carbonyl (C=O) groups is 2. The molecule has 0 unspecified atom stereocenters. The Bertz CT molecular complexity index is 1140. The Hall–Kier alpha value is -2.79. The van der Waals surface area contributed by atoms with E-state index in [0.29, 0.717) is 35.0 Å². The molecule has 3 aromatic rings. The van der Waals surface area contributed by atoms with E-state index in [2.05, 4.69) is 9.97 Å². The zero-order chi connectivity index (χ0) is 21.5. The lowest BCUT2D eigenvalue weighted by Crippen LogP contribution is -2.30. The molecule has 0 N–H and O–H groups in total. The first-order chi connectivity index (χ1) is 14.2. The Balaban J connectivity index is 1.70. The van der Waals surface area contributed by atoms with Crippen molar-refractivity contribution < 1.29 is 11.0 Å². The lowest BCUT2D eigenvalue weighted by Gasteiger charge is -2.24. The van der Waals surface area contributed by atoms with Crippen LogP contribution in [0, 0.1) is 5.89 Å². The van der Waals surface area contributed by atoms with E-state index >= 15 is 0 Å². The van der Waals surface area contributed by atoms with Crippen molar-refractivity contribution in [3.63, 3.8) is 0 Å². The smallest absolute Gasteiger partial charge is 0.260 e. The third-order valence-corrected chi connectivity index (χ3v) is 5.37. The van der Waals surface area contributed by atoms with E-state index in [0.717, 1.165) is 10.9 Å². The molecule has 1 aliphatic heterocycles. The second-order valence-corrected chi connectivity index (χ2v) is 7.97. The molecule has 0 bridgehead atoms. The quantitative estimate of drug-likeness (QED) is 0.513. The summed E-state index contributed by atoms with van der Waals surface area (Å²) in [5, 5.41) is 1.14. The summed E-state index contributed by atoms with van der Waals surface area (Å²) in [7, 11) is 0. The Labute approximate surface area is 176 Å². The maximum atomic E-state index is 13.2. The van der Waals surface area contributed by atoms with Crippen molar-refractivity contribution >= 4 is 40.1 Å². The van der Waals surface area contributed by atoms with Crippen LogP contribution in [0.2, 0.25) is 5.15 Å². The van der Waals surface area contributed by atoms with E-state index in [4.69, 9.17) is 13.0 Å². The topological polar surface area (TPSA) is 63.2 Å². The summed E-state index contributed by atoms with van der Waals surface area (Å²) >= 11 is 6.01. The number of fused-ring (bicyclic) bond motifs is 2. The molecule has 0 saturated carbocycles. The molecule has 3 heterocycles. The number of pyridine rings is 2.